The number of likely N-dealkylation sites (N-methyl/N-ethyl adjacent to an activating group) is 1. The summed E-state index contributed by atoms with van der Waals surface area (Å²) < 4.78 is 0. The molecule has 0 radical (unpaired) electrons. The van der Waals surface area contributed by atoms with Gasteiger partial charge in [0.25, 0.3) is 5.91 Å². The second-order valence-corrected chi connectivity index (χ2v) is 5.42. The summed E-state index contributed by atoms with van der Waals surface area (Å²) in [6.07, 6.45) is 1.39. The number of rotatable bonds is 1. The van der Waals surface area contributed by atoms with Crippen LogP contribution in [0.4, 0.5) is 0 Å². The molecule has 2 aliphatic rings. The van der Waals surface area contributed by atoms with Gasteiger partial charge in [0.1, 0.15) is 0 Å². The number of thiophene rings is 1. The van der Waals surface area contributed by atoms with E-state index in [0.29, 0.717) is 6.42 Å². The van der Waals surface area contributed by atoms with E-state index in [1.807, 2.05) is 28.8 Å². The number of likely N-dealkylation sites (tertiary alicyclic amines) is 2. The van der Waals surface area contributed by atoms with Crippen LogP contribution in [0.3, 0.4) is 0 Å². The maximum absolute atomic E-state index is 12.3. The Labute approximate surface area is 104 Å². The molecule has 0 aliphatic carbocycles. The molecular formula is C12H14N2O2S. The van der Waals surface area contributed by atoms with E-state index < -0.39 is 0 Å². The largest absolute Gasteiger partial charge is 0.341 e. The van der Waals surface area contributed by atoms with Crippen molar-refractivity contribution < 1.29 is 9.59 Å². The van der Waals surface area contributed by atoms with Crippen molar-refractivity contribution in [1.29, 1.82) is 0 Å². The van der Waals surface area contributed by atoms with Crippen molar-refractivity contribution in [2.24, 2.45) is 0 Å². The third kappa shape index (κ3) is 1.57. The van der Waals surface area contributed by atoms with Crippen molar-refractivity contribution in [2.75, 3.05) is 13.6 Å². The number of hydrogen-bond donors (Lipinski definition) is 0. The molecule has 17 heavy (non-hydrogen) atoms. The maximum Gasteiger partial charge on any atom is 0.255 e. The van der Waals surface area contributed by atoms with E-state index in [9.17, 15) is 9.59 Å². The maximum atomic E-state index is 12.3. The molecule has 2 atom stereocenters. The van der Waals surface area contributed by atoms with Crippen LogP contribution >= 0.6 is 11.3 Å². The van der Waals surface area contributed by atoms with E-state index in [1.165, 1.54) is 11.3 Å². The first-order chi connectivity index (χ1) is 8.18. The Morgan fingerprint density at radius 3 is 3.00 bits per heavy atom. The topological polar surface area (TPSA) is 40.6 Å². The molecule has 90 valence electrons. The monoisotopic (exact) mass is 250 g/mol. The van der Waals surface area contributed by atoms with Crippen LogP contribution in [0.25, 0.3) is 0 Å². The summed E-state index contributed by atoms with van der Waals surface area (Å²) in [5.74, 6) is 0.227. The average molecular weight is 250 g/mol. The van der Waals surface area contributed by atoms with Crippen LogP contribution in [-0.2, 0) is 4.79 Å². The predicted molar refractivity (Wildman–Crippen MR) is 64.9 cm³/mol. The van der Waals surface area contributed by atoms with Crippen LogP contribution in [0.5, 0.6) is 0 Å². The van der Waals surface area contributed by atoms with E-state index in [0.717, 1.165) is 18.5 Å². The van der Waals surface area contributed by atoms with Gasteiger partial charge >= 0.3 is 0 Å². The van der Waals surface area contributed by atoms with Crippen molar-refractivity contribution in [2.45, 2.75) is 24.9 Å². The fourth-order valence-electron chi connectivity index (χ4n) is 2.85. The van der Waals surface area contributed by atoms with Crippen molar-refractivity contribution in [1.82, 2.24) is 9.80 Å². The fourth-order valence-corrected chi connectivity index (χ4v) is 3.48. The molecule has 0 N–H and O–H groups in total. The number of carbonyl (C=O) groups excluding carboxylic acids is 2. The molecule has 1 aromatic rings. The van der Waals surface area contributed by atoms with E-state index in [2.05, 4.69) is 0 Å². The molecule has 4 nitrogen and oxygen atoms in total. The highest BCUT2D eigenvalue weighted by Crippen LogP contribution is 2.32. The highest BCUT2D eigenvalue weighted by atomic mass is 32.1. The lowest BCUT2D eigenvalue weighted by atomic mass is 10.1. The van der Waals surface area contributed by atoms with E-state index in [-0.39, 0.29) is 23.9 Å². The van der Waals surface area contributed by atoms with Crippen LogP contribution in [0, 0.1) is 0 Å². The number of hydrogen-bond acceptors (Lipinski definition) is 3. The zero-order valence-electron chi connectivity index (χ0n) is 9.63. The van der Waals surface area contributed by atoms with Gasteiger partial charge in [-0.15, -0.1) is 0 Å². The molecule has 2 saturated heterocycles. The van der Waals surface area contributed by atoms with Crippen molar-refractivity contribution in [3.8, 4) is 0 Å². The minimum absolute atomic E-state index is 0.0712. The van der Waals surface area contributed by atoms with Gasteiger partial charge in [0.15, 0.2) is 0 Å². The van der Waals surface area contributed by atoms with Crippen LogP contribution in [0.2, 0.25) is 0 Å². The van der Waals surface area contributed by atoms with Crippen LogP contribution < -0.4 is 0 Å². The lowest BCUT2D eigenvalue weighted by molar-refractivity contribution is -0.127. The predicted octanol–water partition coefficient (Wildman–Crippen LogP) is 1.19. The molecule has 2 fully saturated rings. The van der Waals surface area contributed by atoms with Gasteiger partial charge in [-0.25, -0.2) is 0 Å². The average Bonchev–Trinajstić information content (AvgIpc) is 2.99. The molecule has 3 heterocycles. The SMILES string of the molecule is CN1C(=O)C[C@@H]2[C@@H]1CCN2C(=O)c1ccsc1. The number of carbonyl (C=O) groups is 2. The summed E-state index contributed by atoms with van der Waals surface area (Å²) in [5.41, 5.74) is 0.748. The van der Waals surface area contributed by atoms with E-state index in [4.69, 9.17) is 0 Å². The quantitative estimate of drug-likeness (QED) is 0.751. The standard InChI is InChI=1S/C12H14N2O2S/c1-13-9-2-4-14(10(9)6-11(13)15)12(16)8-3-5-17-7-8/h3,5,7,9-10H,2,4,6H2,1H3/t9-,10+/m0/s1. The van der Waals surface area contributed by atoms with Crippen LogP contribution in [0.1, 0.15) is 23.2 Å². The third-order valence-electron chi connectivity index (χ3n) is 3.81. The second-order valence-electron chi connectivity index (χ2n) is 4.64. The molecule has 1 aromatic heterocycles. The molecule has 0 unspecified atom stereocenters. The van der Waals surface area contributed by atoms with Gasteiger partial charge < -0.3 is 9.80 Å². The summed E-state index contributed by atoms with van der Waals surface area (Å²) in [6, 6.07) is 2.16. The summed E-state index contributed by atoms with van der Waals surface area (Å²) >= 11 is 1.53. The summed E-state index contributed by atoms with van der Waals surface area (Å²) in [7, 11) is 1.84. The summed E-state index contributed by atoms with van der Waals surface area (Å²) in [5, 5.41) is 3.78. The number of amides is 2. The highest BCUT2D eigenvalue weighted by molar-refractivity contribution is 7.08. The molecule has 3 rings (SSSR count). The van der Waals surface area contributed by atoms with E-state index in [1.54, 1.807) is 4.90 Å². The molecule has 5 heteroatoms. The molecule has 2 amide bonds. The number of nitrogens with zero attached hydrogens (tertiary/aromatic N) is 2. The molecule has 0 saturated carbocycles. The molecule has 2 aliphatic heterocycles. The van der Waals surface area contributed by atoms with Gasteiger partial charge in [0, 0.05) is 25.4 Å². The normalized spacial score (nSPS) is 27.7. The minimum atomic E-state index is 0.0712. The number of fused-ring (bicyclic) bond motifs is 1. The lowest BCUT2D eigenvalue weighted by Gasteiger charge is -2.23. The molecule has 0 bridgehead atoms. The smallest absolute Gasteiger partial charge is 0.255 e. The van der Waals surface area contributed by atoms with Crippen molar-refractivity contribution in [3.05, 3.63) is 22.4 Å². The van der Waals surface area contributed by atoms with Crippen molar-refractivity contribution in [3.63, 3.8) is 0 Å². The lowest BCUT2D eigenvalue weighted by Crippen LogP contribution is -2.38. The zero-order valence-corrected chi connectivity index (χ0v) is 10.4. The Morgan fingerprint density at radius 2 is 2.29 bits per heavy atom. The first-order valence-corrected chi connectivity index (χ1v) is 6.71. The summed E-state index contributed by atoms with van der Waals surface area (Å²) in [4.78, 5) is 27.6. The minimum Gasteiger partial charge on any atom is -0.341 e. The zero-order chi connectivity index (χ0) is 12.0. The Hall–Kier alpha value is -1.36. The van der Waals surface area contributed by atoms with Crippen molar-refractivity contribution >= 4 is 23.2 Å². The van der Waals surface area contributed by atoms with E-state index >= 15 is 0 Å². The Kier molecular flexibility index (Phi) is 2.43. The molecule has 0 spiro atoms. The van der Waals surface area contributed by atoms with Crippen LogP contribution in [-0.4, -0.2) is 47.3 Å². The molecular weight excluding hydrogens is 236 g/mol. The Morgan fingerprint density at radius 1 is 1.47 bits per heavy atom. The Balaban J connectivity index is 1.83. The van der Waals surface area contributed by atoms with Gasteiger partial charge in [-0.1, -0.05) is 0 Å². The summed E-state index contributed by atoms with van der Waals surface area (Å²) in [6.45, 7) is 0.766. The highest BCUT2D eigenvalue weighted by Gasteiger charge is 2.46. The van der Waals surface area contributed by atoms with Gasteiger partial charge in [0.2, 0.25) is 5.91 Å². The third-order valence-corrected chi connectivity index (χ3v) is 4.50. The first kappa shape index (κ1) is 10.8. The van der Waals surface area contributed by atoms with Gasteiger partial charge in [-0.05, 0) is 17.9 Å². The second kappa shape index (κ2) is 3.84. The van der Waals surface area contributed by atoms with Gasteiger partial charge in [0.05, 0.1) is 17.6 Å². The van der Waals surface area contributed by atoms with Gasteiger partial charge in [-0.3, -0.25) is 9.59 Å². The Bertz CT molecular complexity index is 457. The van der Waals surface area contributed by atoms with Gasteiger partial charge in [-0.2, -0.15) is 11.3 Å². The van der Waals surface area contributed by atoms with Crippen LogP contribution in [0.15, 0.2) is 16.8 Å². The first-order valence-electron chi connectivity index (χ1n) is 5.77. The molecule has 0 aromatic carbocycles. The fraction of sp³-hybridized carbons (Fsp3) is 0.500.